The van der Waals surface area contributed by atoms with Crippen LogP contribution in [0, 0.1) is 0 Å². The van der Waals surface area contributed by atoms with E-state index in [0.29, 0.717) is 11.9 Å². The van der Waals surface area contributed by atoms with Crippen molar-refractivity contribution in [2.75, 3.05) is 23.9 Å². The van der Waals surface area contributed by atoms with Gasteiger partial charge in [0.1, 0.15) is 0 Å². The second-order valence-corrected chi connectivity index (χ2v) is 4.76. The molecule has 4 heteroatoms. The minimum Gasteiger partial charge on any atom is -0.319 e. The van der Waals surface area contributed by atoms with E-state index in [4.69, 9.17) is 0 Å². The largest absolute Gasteiger partial charge is 0.319 e. The first kappa shape index (κ1) is 12.6. The zero-order chi connectivity index (χ0) is 12.3. The predicted octanol–water partition coefficient (Wildman–Crippen LogP) is 2.08. The monoisotopic (exact) mass is 296 g/mol. The van der Waals surface area contributed by atoms with Crippen molar-refractivity contribution in [2.45, 2.75) is 19.3 Å². The number of anilines is 1. The molecule has 0 saturated carbocycles. The van der Waals surface area contributed by atoms with Crippen LogP contribution in [-0.2, 0) is 17.6 Å². The Balaban J connectivity index is 2.24. The summed E-state index contributed by atoms with van der Waals surface area (Å²) in [6.45, 7) is 0.986. The molecule has 0 radical (unpaired) electrons. The number of alkyl halides is 1. The van der Waals surface area contributed by atoms with E-state index in [9.17, 15) is 4.79 Å². The Hall–Kier alpha value is -0.870. The van der Waals surface area contributed by atoms with E-state index in [0.717, 1.165) is 25.1 Å². The topological polar surface area (TPSA) is 32.3 Å². The molecule has 0 aliphatic carbocycles. The van der Waals surface area contributed by atoms with E-state index in [-0.39, 0.29) is 5.91 Å². The average Bonchev–Trinajstić information content (AvgIpc) is 2.36. The fourth-order valence-electron chi connectivity index (χ4n) is 2.17. The van der Waals surface area contributed by atoms with Crippen molar-refractivity contribution in [1.29, 1.82) is 0 Å². The van der Waals surface area contributed by atoms with Crippen molar-refractivity contribution >= 4 is 27.5 Å². The van der Waals surface area contributed by atoms with Crippen LogP contribution in [0.2, 0.25) is 0 Å². The van der Waals surface area contributed by atoms with E-state index in [1.54, 1.807) is 4.90 Å². The fraction of sp³-hybridized carbons (Fsp3) is 0.462. The van der Waals surface area contributed by atoms with Crippen molar-refractivity contribution in [2.24, 2.45) is 0 Å². The van der Waals surface area contributed by atoms with Gasteiger partial charge in [-0.3, -0.25) is 4.79 Å². The molecule has 0 fully saturated rings. The Bertz CT molecular complexity index is 420. The summed E-state index contributed by atoms with van der Waals surface area (Å²) in [5.41, 5.74) is 4.26. The van der Waals surface area contributed by atoms with Gasteiger partial charge in [0.05, 0.1) is 5.45 Å². The molecular formula is C13H17BrN2O. The number of halogens is 1. The molecule has 1 aliphatic heterocycles. The number of amides is 1. The molecule has 0 bridgehead atoms. The molecule has 3 nitrogen and oxygen atoms in total. The van der Waals surface area contributed by atoms with Crippen molar-refractivity contribution in [3.05, 3.63) is 29.3 Å². The van der Waals surface area contributed by atoms with Gasteiger partial charge in [-0.15, -0.1) is 0 Å². The number of aryl methyl sites for hydroxylation is 1. The van der Waals surface area contributed by atoms with Crippen LogP contribution in [0.4, 0.5) is 5.69 Å². The summed E-state index contributed by atoms with van der Waals surface area (Å²) in [5, 5.41) is 3.15. The van der Waals surface area contributed by atoms with Crippen LogP contribution in [-0.4, -0.2) is 25.0 Å². The second kappa shape index (κ2) is 5.65. The van der Waals surface area contributed by atoms with Crippen LogP contribution in [0.3, 0.4) is 0 Å². The third-order valence-electron chi connectivity index (χ3n) is 3.13. The Kier molecular flexibility index (Phi) is 4.18. The van der Waals surface area contributed by atoms with Gasteiger partial charge in [-0.25, -0.2) is 0 Å². The molecule has 0 spiro atoms. The van der Waals surface area contributed by atoms with E-state index >= 15 is 0 Å². The third-order valence-corrected chi connectivity index (χ3v) is 3.63. The van der Waals surface area contributed by atoms with Crippen LogP contribution in [0.5, 0.6) is 0 Å². The highest BCUT2D eigenvalue weighted by atomic mass is 79.9. The Morgan fingerprint density at radius 1 is 1.41 bits per heavy atom. The Morgan fingerprint density at radius 3 is 2.94 bits per heavy atom. The summed E-state index contributed by atoms with van der Waals surface area (Å²) in [4.78, 5) is 13.5. The van der Waals surface area contributed by atoms with Gasteiger partial charge in [0.15, 0.2) is 0 Å². The minimum absolute atomic E-state index is 0.206. The molecule has 1 N–H and O–H groups in total. The Morgan fingerprint density at radius 2 is 2.24 bits per heavy atom. The summed E-state index contributed by atoms with van der Waals surface area (Å²) in [6.07, 6.45) is 2.52. The first-order valence-corrected chi connectivity index (χ1v) is 7.01. The van der Waals surface area contributed by atoms with Gasteiger partial charge in [0.25, 0.3) is 0 Å². The maximum absolute atomic E-state index is 11.7. The van der Waals surface area contributed by atoms with Crippen LogP contribution in [0.1, 0.15) is 17.5 Å². The Labute approximate surface area is 110 Å². The predicted molar refractivity (Wildman–Crippen MR) is 73.7 cm³/mol. The van der Waals surface area contributed by atoms with Gasteiger partial charge in [-0.1, -0.05) is 28.1 Å². The molecule has 0 saturated heterocycles. The number of fused-ring (bicyclic) bond motifs is 1. The van der Waals surface area contributed by atoms with Gasteiger partial charge in [0.2, 0.25) is 5.91 Å². The third kappa shape index (κ3) is 2.69. The number of hydrogen-bond acceptors (Lipinski definition) is 2. The summed E-state index contributed by atoms with van der Waals surface area (Å²) in [5.74, 6) is 0.206. The lowest BCUT2D eigenvalue weighted by molar-refractivity contribution is -0.118. The maximum Gasteiger partial charge on any atom is 0.228 e. The molecule has 0 aromatic heterocycles. The smallest absolute Gasteiger partial charge is 0.228 e. The van der Waals surface area contributed by atoms with Gasteiger partial charge in [-0.2, -0.15) is 0 Å². The molecule has 1 heterocycles. The molecule has 2 rings (SSSR count). The SMILES string of the molecule is CNCCc1ccc2c(c1)CCC(=O)N2CBr. The maximum atomic E-state index is 11.7. The lowest BCUT2D eigenvalue weighted by Crippen LogP contribution is -2.33. The lowest BCUT2D eigenvalue weighted by Gasteiger charge is -2.28. The molecule has 1 aliphatic rings. The van der Waals surface area contributed by atoms with Crippen molar-refractivity contribution < 1.29 is 4.79 Å². The molecule has 1 aromatic carbocycles. The molecule has 0 unspecified atom stereocenters. The zero-order valence-electron chi connectivity index (χ0n) is 10.0. The van der Waals surface area contributed by atoms with E-state index in [1.807, 2.05) is 7.05 Å². The molecule has 1 amide bonds. The van der Waals surface area contributed by atoms with Crippen molar-refractivity contribution in [3.63, 3.8) is 0 Å². The van der Waals surface area contributed by atoms with Crippen LogP contribution < -0.4 is 10.2 Å². The van der Waals surface area contributed by atoms with Gasteiger partial charge >= 0.3 is 0 Å². The first-order valence-electron chi connectivity index (χ1n) is 5.89. The average molecular weight is 297 g/mol. The normalized spacial score (nSPS) is 14.9. The molecule has 17 heavy (non-hydrogen) atoms. The number of benzene rings is 1. The van der Waals surface area contributed by atoms with Crippen molar-refractivity contribution in [1.82, 2.24) is 5.32 Å². The van der Waals surface area contributed by atoms with E-state index in [2.05, 4.69) is 39.4 Å². The van der Waals surface area contributed by atoms with E-state index in [1.165, 1.54) is 11.1 Å². The first-order chi connectivity index (χ1) is 8.26. The molecule has 1 aromatic rings. The summed E-state index contributed by atoms with van der Waals surface area (Å²) < 4.78 is 0. The lowest BCUT2D eigenvalue weighted by atomic mass is 9.98. The number of nitrogens with zero attached hydrogens (tertiary/aromatic N) is 1. The molecular weight excluding hydrogens is 280 g/mol. The summed E-state index contributed by atoms with van der Waals surface area (Å²) in [6, 6.07) is 6.41. The minimum atomic E-state index is 0.206. The van der Waals surface area contributed by atoms with Crippen molar-refractivity contribution in [3.8, 4) is 0 Å². The zero-order valence-corrected chi connectivity index (χ0v) is 11.6. The number of hydrogen-bond donors (Lipinski definition) is 1. The number of nitrogens with one attached hydrogen (secondary N) is 1. The molecule has 0 atom stereocenters. The second-order valence-electron chi connectivity index (χ2n) is 4.26. The number of rotatable bonds is 4. The van der Waals surface area contributed by atoms with Crippen LogP contribution >= 0.6 is 15.9 Å². The highest BCUT2D eigenvalue weighted by Crippen LogP contribution is 2.29. The molecule has 92 valence electrons. The van der Waals surface area contributed by atoms with Gasteiger partial charge < -0.3 is 10.2 Å². The van der Waals surface area contributed by atoms with Gasteiger partial charge in [0, 0.05) is 12.1 Å². The number of carbonyl (C=O) groups excluding carboxylic acids is 1. The highest BCUT2D eigenvalue weighted by molar-refractivity contribution is 9.09. The highest BCUT2D eigenvalue weighted by Gasteiger charge is 2.22. The van der Waals surface area contributed by atoms with Crippen LogP contribution in [0.25, 0.3) is 0 Å². The summed E-state index contributed by atoms with van der Waals surface area (Å²) >= 11 is 3.38. The standard InChI is InChI=1S/C13H17BrN2O/c1-15-7-6-10-2-4-12-11(8-10)3-5-13(17)16(12)9-14/h2,4,8,15H,3,5-7,9H2,1H3. The number of carbonyl (C=O) groups is 1. The van der Waals surface area contributed by atoms with Crippen LogP contribution in [0.15, 0.2) is 18.2 Å². The van der Waals surface area contributed by atoms with E-state index < -0.39 is 0 Å². The summed E-state index contributed by atoms with van der Waals surface area (Å²) in [7, 11) is 1.96. The number of likely N-dealkylation sites (N-methyl/N-ethyl adjacent to an activating group) is 1. The quantitative estimate of drug-likeness (QED) is 0.682. The fourth-order valence-corrected chi connectivity index (χ4v) is 2.72. The van der Waals surface area contributed by atoms with Gasteiger partial charge in [-0.05, 0) is 43.6 Å².